The van der Waals surface area contributed by atoms with Crippen molar-refractivity contribution >= 4 is 17.8 Å². The van der Waals surface area contributed by atoms with Gasteiger partial charge in [0, 0.05) is 18.5 Å². The molecule has 0 radical (unpaired) electrons. The third kappa shape index (κ3) is 6.80. The SMILES string of the molecule is N#C[C@H](Cc1ccc(-c2ccc(C(N)=O)cc2)cc1)NC(=O)[C@@H]1CCCCN1OC(=O)C(F)(F)F. The topological polar surface area (TPSA) is 126 Å². The number of nitrogens with two attached hydrogens (primary N) is 1. The van der Waals surface area contributed by atoms with Gasteiger partial charge in [-0.3, -0.25) is 9.59 Å². The Morgan fingerprint density at radius 2 is 1.69 bits per heavy atom. The second kappa shape index (κ2) is 11.0. The fraction of sp³-hybridized carbons (Fsp3) is 0.333. The summed E-state index contributed by atoms with van der Waals surface area (Å²) in [4.78, 5) is 39.5. The molecule has 0 spiro atoms. The number of benzene rings is 2. The highest BCUT2D eigenvalue weighted by Crippen LogP contribution is 2.23. The number of rotatable bonds is 7. The van der Waals surface area contributed by atoms with Gasteiger partial charge in [-0.15, -0.1) is 5.06 Å². The zero-order valence-electron chi connectivity index (χ0n) is 18.5. The Kier molecular flexibility index (Phi) is 8.09. The molecular formula is C24H23F3N4O4. The number of hydroxylamine groups is 2. The molecule has 184 valence electrons. The summed E-state index contributed by atoms with van der Waals surface area (Å²) in [5.41, 5.74) is 8.11. The van der Waals surface area contributed by atoms with E-state index in [1.165, 1.54) is 0 Å². The van der Waals surface area contributed by atoms with Crippen LogP contribution in [0.1, 0.15) is 35.2 Å². The molecular weight excluding hydrogens is 465 g/mol. The van der Waals surface area contributed by atoms with Gasteiger partial charge in [0.2, 0.25) is 11.8 Å². The van der Waals surface area contributed by atoms with Crippen LogP contribution in [0.15, 0.2) is 48.5 Å². The second-order valence-corrected chi connectivity index (χ2v) is 8.06. The Bertz CT molecular complexity index is 1110. The number of amides is 2. The molecule has 1 fully saturated rings. The number of primary amides is 1. The van der Waals surface area contributed by atoms with Crippen LogP contribution in [0.5, 0.6) is 0 Å². The monoisotopic (exact) mass is 488 g/mol. The largest absolute Gasteiger partial charge is 0.492 e. The lowest BCUT2D eigenvalue weighted by Crippen LogP contribution is -2.53. The summed E-state index contributed by atoms with van der Waals surface area (Å²) in [6.45, 7) is -0.0149. The van der Waals surface area contributed by atoms with E-state index < -0.39 is 36.0 Å². The average Bonchev–Trinajstić information content (AvgIpc) is 2.83. The van der Waals surface area contributed by atoms with Crippen LogP contribution in [0.2, 0.25) is 0 Å². The van der Waals surface area contributed by atoms with Gasteiger partial charge in [-0.2, -0.15) is 18.4 Å². The first-order valence-corrected chi connectivity index (χ1v) is 10.8. The minimum absolute atomic E-state index is 0.0149. The van der Waals surface area contributed by atoms with Gasteiger partial charge in [0.05, 0.1) is 6.07 Å². The molecule has 3 rings (SSSR count). The molecule has 1 heterocycles. The molecule has 2 aromatic rings. The predicted molar refractivity (Wildman–Crippen MR) is 118 cm³/mol. The number of nitrogens with one attached hydrogen (secondary N) is 1. The first-order chi connectivity index (χ1) is 16.6. The summed E-state index contributed by atoms with van der Waals surface area (Å²) in [6, 6.07) is 13.9. The van der Waals surface area contributed by atoms with Crippen molar-refractivity contribution in [3.63, 3.8) is 0 Å². The van der Waals surface area contributed by atoms with Crippen molar-refractivity contribution in [2.75, 3.05) is 6.54 Å². The molecule has 11 heteroatoms. The third-order valence-corrected chi connectivity index (χ3v) is 5.56. The molecule has 8 nitrogen and oxygen atoms in total. The van der Waals surface area contributed by atoms with Crippen LogP contribution < -0.4 is 11.1 Å². The minimum atomic E-state index is -5.18. The Morgan fingerprint density at radius 3 is 2.23 bits per heavy atom. The number of hydrogen-bond acceptors (Lipinski definition) is 6. The molecule has 0 bridgehead atoms. The summed E-state index contributed by atoms with van der Waals surface area (Å²) in [5.74, 6) is -3.60. The van der Waals surface area contributed by atoms with E-state index in [2.05, 4.69) is 10.2 Å². The first kappa shape index (κ1) is 25.7. The maximum Gasteiger partial charge on any atom is 0.492 e. The number of alkyl halides is 3. The van der Waals surface area contributed by atoms with Crippen molar-refractivity contribution in [2.24, 2.45) is 5.73 Å². The van der Waals surface area contributed by atoms with Crippen LogP contribution in [0, 0.1) is 11.3 Å². The number of hydrogen-bond donors (Lipinski definition) is 2. The molecule has 2 aromatic carbocycles. The van der Waals surface area contributed by atoms with Gasteiger partial charge in [0.25, 0.3) is 0 Å². The number of carbonyl (C=O) groups is 3. The maximum absolute atomic E-state index is 12.7. The molecule has 0 saturated carbocycles. The van der Waals surface area contributed by atoms with Crippen molar-refractivity contribution in [2.45, 2.75) is 43.9 Å². The van der Waals surface area contributed by atoms with Crippen LogP contribution in [-0.2, 0) is 20.8 Å². The van der Waals surface area contributed by atoms with E-state index in [1.807, 2.05) is 18.2 Å². The fourth-order valence-corrected chi connectivity index (χ4v) is 3.73. The molecule has 2 atom stereocenters. The second-order valence-electron chi connectivity index (χ2n) is 8.06. The highest BCUT2D eigenvalue weighted by Gasteiger charge is 2.44. The molecule has 2 amide bonds. The number of halogens is 3. The van der Waals surface area contributed by atoms with Gasteiger partial charge in [0.15, 0.2) is 0 Å². The highest BCUT2D eigenvalue weighted by atomic mass is 19.4. The van der Waals surface area contributed by atoms with Gasteiger partial charge in [-0.05, 0) is 48.1 Å². The molecule has 0 aliphatic carbocycles. The van der Waals surface area contributed by atoms with E-state index >= 15 is 0 Å². The van der Waals surface area contributed by atoms with Gasteiger partial charge in [0.1, 0.15) is 12.1 Å². The van der Waals surface area contributed by atoms with E-state index in [1.54, 1.807) is 36.4 Å². The van der Waals surface area contributed by atoms with Gasteiger partial charge >= 0.3 is 12.1 Å². The zero-order valence-corrected chi connectivity index (χ0v) is 18.5. The molecule has 1 aliphatic rings. The first-order valence-electron chi connectivity index (χ1n) is 10.8. The predicted octanol–water partition coefficient (Wildman–Crippen LogP) is 2.88. The van der Waals surface area contributed by atoms with Crippen molar-refractivity contribution in [1.29, 1.82) is 5.26 Å². The summed E-state index contributed by atoms with van der Waals surface area (Å²) >= 11 is 0. The van der Waals surface area contributed by atoms with Gasteiger partial charge in [-0.1, -0.05) is 36.4 Å². The Balaban J connectivity index is 1.62. The number of nitriles is 1. The Labute approximate surface area is 199 Å². The fourth-order valence-electron chi connectivity index (χ4n) is 3.73. The minimum Gasteiger partial charge on any atom is -0.366 e. The summed E-state index contributed by atoms with van der Waals surface area (Å²) in [6.07, 6.45) is -3.79. The smallest absolute Gasteiger partial charge is 0.366 e. The van der Waals surface area contributed by atoms with Crippen LogP contribution in [0.4, 0.5) is 13.2 Å². The molecule has 0 unspecified atom stereocenters. The van der Waals surface area contributed by atoms with Crippen LogP contribution in [0.25, 0.3) is 11.1 Å². The quantitative estimate of drug-likeness (QED) is 0.617. The maximum atomic E-state index is 12.7. The third-order valence-electron chi connectivity index (χ3n) is 5.56. The van der Waals surface area contributed by atoms with E-state index in [4.69, 9.17) is 5.73 Å². The van der Waals surface area contributed by atoms with E-state index in [0.29, 0.717) is 18.4 Å². The van der Waals surface area contributed by atoms with Crippen molar-refractivity contribution in [3.05, 3.63) is 59.7 Å². The lowest BCUT2D eigenvalue weighted by atomic mass is 9.99. The Hall–Kier alpha value is -3.91. The standard InChI is InChI=1S/C24H23F3N4O4/c25-24(26,27)23(34)35-31-12-2-1-3-20(31)22(33)30-19(14-28)13-15-4-6-16(7-5-15)17-8-10-18(11-9-17)21(29)32/h4-11,19-20H,1-3,12-13H2,(H2,29,32)(H,30,33)/t19-,20-/m0/s1. The zero-order chi connectivity index (χ0) is 25.6. The molecule has 35 heavy (non-hydrogen) atoms. The molecule has 3 N–H and O–H groups in total. The Morgan fingerprint density at radius 1 is 1.09 bits per heavy atom. The highest BCUT2D eigenvalue weighted by molar-refractivity contribution is 5.93. The van der Waals surface area contributed by atoms with Crippen molar-refractivity contribution in [1.82, 2.24) is 10.4 Å². The summed E-state index contributed by atoms with van der Waals surface area (Å²) < 4.78 is 37.7. The van der Waals surface area contributed by atoms with Crippen LogP contribution in [-0.4, -0.2) is 47.7 Å². The van der Waals surface area contributed by atoms with Gasteiger partial charge in [-0.25, -0.2) is 4.79 Å². The van der Waals surface area contributed by atoms with E-state index in [9.17, 15) is 32.8 Å². The van der Waals surface area contributed by atoms with Gasteiger partial charge < -0.3 is 15.9 Å². The van der Waals surface area contributed by atoms with Crippen molar-refractivity contribution < 1.29 is 32.4 Å². The number of carbonyl (C=O) groups excluding carboxylic acids is 3. The molecule has 0 aromatic heterocycles. The number of piperidine rings is 1. The molecule has 1 saturated heterocycles. The summed E-state index contributed by atoms with van der Waals surface area (Å²) in [7, 11) is 0. The average molecular weight is 488 g/mol. The lowest BCUT2D eigenvalue weighted by molar-refractivity contribution is -0.248. The van der Waals surface area contributed by atoms with Crippen molar-refractivity contribution in [3.8, 4) is 17.2 Å². The van der Waals surface area contributed by atoms with E-state index in [0.717, 1.165) is 21.8 Å². The lowest BCUT2D eigenvalue weighted by Gasteiger charge is -2.33. The molecule has 1 aliphatic heterocycles. The van der Waals surface area contributed by atoms with Crippen LogP contribution in [0.3, 0.4) is 0 Å². The summed E-state index contributed by atoms with van der Waals surface area (Å²) in [5, 5.41) is 12.8. The van der Waals surface area contributed by atoms with Crippen LogP contribution >= 0.6 is 0 Å². The number of nitrogens with zero attached hydrogens (tertiary/aromatic N) is 2. The normalized spacial score (nSPS) is 17.1. The van der Waals surface area contributed by atoms with E-state index in [-0.39, 0.29) is 19.4 Å².